The molecule has 0 atom stereocenters. The van der Waals surface area contributed by atoms with Crippen LogP contribution in [0, 0.1) is 0 Å². The van der Waals surface area contributed by atoms with Crippen LogP contribution in [0.4, 0.5) is 0 Å². The molecule has 0 amide bonds. The number of carbonyl (C=O) groups is 1. The van der Waals surface area contributed by atoms with E-state index in [-0.39, 0.29) is 5.97 Å². The van der Waals surface area contributed by atoms with Crippen molar-refractivity contribution in [2.24, 2.45) is 0 Å². The Morgan fingerprint density at radius 2 is 1.50 bits per heavy atom. The van der Waals surface area contributed by atoms with Crippen molar-refractivity contribution in [2.45, 2.75) is 18.8 Å². The molecule has 1 fully saturated rings. The number of rotatable bonds is 4. The Balaban J connectivity index is 1.60. The summed E-state index contributed by atoms with van der Waals surface area (Å²) >= 11 is 2.05. The summed E-state index contributed by atoms with van der Waals surface area (Å²) in [5.74, 6) is 3.20. The lowest BCUT2D eigenvalue weighted by Gasteiger charge is -2.23. The third-order valence-electron chi connectivity index (χ3n) is 6.69. The van der Waals surface area contributed by atoms with Gasteiger partial charge in [-0.2, -0.15) is 11.8 Å². The molecule has 4 heteroatoms. The van der Waals surface area contributed by atoms with Crippen molar-refractivity contribution < 1.29 is 9.53 Å². The molecule has 1 aliphatic rings. The fraction of sp³-hybridized carbons (Fsp3) is 0.167. The van der Waals surface area contributed by atoms with Gasteiger partial charge in [-0.15, -0.1) is 0 Å². The molecule has 5 aromatic rings. The zero-order valence-corrected chi connectivity index (χ0v) is 19.6. The lowest BCUT2D eigenvalue weighted by Crippen LogP contribution is -2.09. The van der Waals surface area contributed by atoms with Crippen LogP contribution in [0.15, 0.2) is 97.1 Å². The predicted molar refractivity (Wildman–Crippen MR) is 141 cm³/mol. The summed E-state index contributed by atoms with van der Waals surface area (Å²) < 4.78 is 8.35. The molecule has 168 valence electrons. The van der Waals surface area contributed by atoms with E-state index in [1.54, 1.807) is 12.1 Å². The predicted octanol–water partition coefficient (Wildman–Crippen LogP) is 7.61. The number of aromatic nitrogens is 1. The van der Waals surface area contributed by atoms with Crippen molar-refractivity contribution in [1.82, 2.24) is 4.57 Å². The maximum Gasteiger partial charge on any atom is 0.343 e. The SMILES string of the molecule is O=C(Oc1cccc2c1c1cccc(C3CCSCC3)c1n2-c1ccccc1)c1ccccc1. The van der Waals surface area contributed by atoms with E-state index in [1.165, 1.54) is 35.4 Å². The largest absolute Gasteiger partial charge is 0.422 e. The number of thioether (sulfide) groups is 1. The van der Waals surface area contributed by atoms with E-state index in [0.717, 1.165) is 22.0 Å². The van der Waals surface area contributed by atoms with Gasteiger partial charge in [0.05, 0.1) is 22.0 Å². The summed E-state index contributed by atoms with van der Waals surface area (Å²) in [6, 6.07) is 32.3. The smallest absolute Gasteiger partial charge is 0.343 e. The molecular formula is C30H25NO2S. The number of hydrogen-bond acceptors (Lipinski definition) is 3. The summed E-state index contributed by atoms with van der Waals surface area (Å²) in [5.41, 5.74) is 5.33. The standard InChI is InChI=1S/C30H25NO2S/c32-30(22-9-3-1-4-10-22)33-27-16-8-15-26-28(27)25-14-7-13-24(21-17-19-34-20-18-21)29(25)31(26)23-11-5-2-6-12-23/h1-16,21H,17-20H2. The van der Waals surface area contributed by atoms with Crippen LogP contribution >= 0.6 is 11.8 Å². The Labute approximate surface area is 203 Å². The Morgan fingerprint density at radius 3 is 2.26 bits per heavy atom. The molecule has 1 aliphatic heterocycles. The van der Waals surface area contributed by atoms with Crippen LogP contribution in [0.25, 0.3) is 27.5 Å². The quantitative estimate of drug-likeness (QED) is 0.203. The molecule has 2 heterocycles. The molecule has 3 nitrogen and oxygen atoms in total. The van der Waals surface area contributed by atoms with E-state index in [9.17, 15) is 4.79 Å². The van der Waals surface area contributed by atoms with Crippen LogP contribution in [-0.2, 0) is 0 Å². The topological polar surface area (TPSA) is 31.2 Å². The maximum atomic E-state index is 13.0. The number of esters is 1. The second kappa shape index (κ2) is 9.03. The summed E-state index contributed by atoms with van der Waals surface area (Å²) in [5, 5.41) is 2.11. The third-order valence-corrected chi connectivity index (χ3v) is 7.74. The normalized spacial score (nSPS) is 14.5. The lowest BCUT2D eigenvalue weighted by atomic mass is 9.91. The Bertz CT molecular complexity index is 1470. The molecule has 4 aromatic carbocycles. The number of ether oxygens (including phenoxy) is 1. The van der Waals surface area contributed by atoms with Crippen LogP contribution in [0.3, 0.4) is 0 Å². The van der Waals surface area contributed by atoms with Crippen molar-refractivity contribution in [2.75, 3.05) is 11.5 Å². The average Bonchev–Trinajstić information content (AvgIpc) is 3.25. The van der Waals surface area contributed by atoms with Crippen molar-refractivity contribution in [3.8, 4) is 11.4 Å². The Morgan fingerprint density at radius 1 is 0.794 bits per heavy atom. The zero-order valence-electron chi connectivity index (χ0n) is 18.8. The number of para-hydroxylation sites is 2. The van der Waals surface area contributed by atoms with Crippen molar-refractivity contribution >= 4 is 39.5 Å². The van der Waals surface area contributed by atoms with Gasteiger partial charge in [0, 0.05) is 11.1 Å². The van der Waals surface area contributed by atoms with Crippen LogP contribution in [0.2, 0.25) is 0 Å². The van der Waals surface area contributed by atoms with E-state index in [0.29, 0.717) is 17.2 Å². The lowest BCUT2D eigenvalue weighted by molar-refractivity contribution is 0.0737. The average molecular weight is 464 g/mol. The number of fused-ring (bicyclic) bond motifs is 3. The number of nitrogens with zero attached hydrogens (tertiary/aromatic N) is 1. The van der Waals surface area contributed by atoms with Crippen molar-refractivity contribution in [1.29, 1.82) is 0 Å². The molecule has 0 aliphatic carbocycles. The van der Waals surface area contributed by atoms with Crippen LogP contribution < -0.4 is 4.74 Å². The first-order chi connectivity index (χ1) is 16.8. The first kappa shape index (κ1) is 21.1. The van der Waals surface area contributed by atoms with E-state index in [1.807, 2.05) is 48.2 Å². The first-order valence-corrected chi connectivity index (χ1v) is 12.9. The van der Waals surface area contributed by atoms with E-state index < -0.39 is 0 Å². The van der Waals surface area contributed by atoms with Gasteiger partial charge in [0.1, 0.15) is 5.75 Å². The summed E-state index contributed by atoms with van der Waals surface area (Å²) in [6.07, 6.45) is 2.38. The molecule has 0 N–H and O–H groups in total. The van der Waals surface area contributed by atoms with Gasteiger partial charge in [0.15, 0.2) is 0 Å². The van der Waals surface area contributed by atoms with E-state index in [4.69, 9.17) is 4.74 Å². The number of hydrogen-bond donors (Lipinski definition) is 0. The first-order valence-electron chi connectivity index (χ1n) is 11.8. The van der Waals surface area contributed by atoms with E-state index in [2.05, 4.69) is 53.1 Å². The number of carbonyl (C=O) groups excluding carboxylic acids is 1. The van der Waals surface area contributed by atoms with Gasteiger partial charge in [-0.1, -0.05) is 60.7 Å². The van der Waals surface area contributed by atoms with Gasteiger partial charge in [0.25, 0.3) is 0 Å². The van der Waals surface area contributed by atoms with Crippen molar-refractivity contribution in [3.63, 3.8) is 0 Å². The summed E-state index contributed by atoms with van der Waals surface area (Å²) in [4.78, 5) is 13.0. The molecule has 0 radical (unpaired) electrons. The fourth-order valence-corrected chi connectivity index (χ4v) is 6.22. The Kier molecular flexibility index (Phi) is 5.60. The van der Waals surface area contributed by atoms with Gasteiger partial charge in [-0.25, -0.2) is 4.79 Å². The fourth-order valence-electron chi connectivity index (χ4n) is 5.11. The monoisotopic (exact) mass is 463 g/mol. The minimum absolute atomic E-state index is 0.339. The van der Waals surface area contributed by atoms with Crippen LogP contribution in [-0.4, -0.2) is 22.0 Å². The second-order valence-corrected chi connectivity index (χ2v) is 9.93. The Hall–Kier alpha value is -3.50. The molecule has 1 saturated heterocycles. The van der Waals surface area contributed by atoms with Crippen molar-refractivity contribution in [3.05, 3.63) is 108 Å². The van der Waals surface area contributed by atoms with Gasteiger partial charge in [-0.05, 0) is 72.2 Å². The van der Waals surface area contributed by atoms with Gasteiger partial charge >= 0.3 is 5.97 Å². The molecule has 0 spiro atoms. The highest BCUT2D eigenvalue weighted by Gasteiger charge is 2.24. The molecule has 0 bridgehead atoms. The molecule has 0 unspecified atom stereocenters. The molecule has 0 saturated carbocycles. The minimum Gasteiger partial charge on any atom is -0.422 e. The molecule has 6 rings (SSSR count). The number of benzene rings is 4. The molecular weight excluding hydrogens is 438 g/mol. The molecule has 1 aromatic heterocycles. The van der Waals surface area contributed by atoms with Gasteiger partial charge < -0.3 is 9.30 Å². The molecule has 34 heavy (non-hydrogen) atoms. The summed E-state index contributed by atoms with van der Waals surface area (Å²) in [6.45, 7) is 0. The third kappa shape index (κ3) is 3.68. The van der Waals surface area contributed by atoms with E-state index >= 15 is 0 Å². The minimum atomic E-state index is -0.339. The van der Waals surface area contributed by atoms with Crippen LogP contribution in [0.1, 0.15) is 34.7 Å². The van der Waals surface area contributed by atoms with Gasteiger partial charge in [0.2, 0.25) is 0 Å². The van der Waals surface area contributed by atoms with Gasteiger partial charge in [-0.3, -0.25) is 0 Å². The maximum absolute atomic E-state index is 13.0. The zero-order chi connectivity index (χ0) is 22.9. The highest BCUT2D eigenvalue weighted by atomic mass is 32.2. The highest BCUT2D eigenvalue weighted by Crippen LogP contribution is 2.43. The summed E-state index contributed by atoms with van der Waals surface area (Å²) in [7, 11) is 0. The van der Waals surface area contributed by atoms with Crippen LogP contribution in [0.5, 0.6) is 5.75 Å². The second-order valence-electron chi connectivity index (χ2n) is 8.71. The highest BCUT2D eigenvalue weighted by molar-refractivity contribution is 7.99.